The van der Waals surface area contributed by atoms with Crippen molar-refractivity contribution < 1.29 is 105 Å². The molecule has 6 fully saturated rings. The summed E-state index contributed by atoms with van der Waals surface area (Å²) in [4.78, 5) is 167. The van der Waals surface area contributed by atoms with Crippen LogP contribution in [0.15, 0.2) is 176 Å². The number of carbonyl (C=O) groups excluding carboxylic acids is 10. The third-order valence-corrected chi connectivity index (χ3v) is 29.7. The number of aromatic nitrogens is 4. The van der Waals surface area contributed by atoms with Crippen LogP contribution in [-0.2, 0) is 85.6 Å². The number of ether oxygens (including phenoxy) is 12. The van der Waals surface area contributed by atoms with Crippen LogP contribution in [0.4, 0.5) is 9.59 Å². The van der Waals surface area contributed by atoms with Crippen LogP contribution >= 0.6 is 0 Å². The number of rotatable bonds is 26. The Hall–Kier alpha value is -11.0. The molecule has 786 valence electrons. The predicted molar refractivity (Wildman–Crippen MR) is 550 cm³/mol. The average molecular weight is 2000 g/mol. The van der Waals surface area contributed by atoms with Crippen molar-refractivity contribution in [2.75, 3.05) is 93.8 Å². The second-order valence-corrected chi connectivity index (χ2v) is 41.4. The number of hydrogen-bond acceptors (Lipinski definition) is 30. The molecule has 0 saturated carbocycles. The molecule has 4 aromatic carbocycles. The summed E-state index contributed by atoms with van der Waals surface area (Å²) in [6.45, 7) is 34.9. The van der Waals surface area contributed by atoms with E-state index in [0.717, 1.165) is 76.5 Å². The minimum Gasteiger partial charge on any atom is -0.458 e. The molecule has 6 saturated heterocycles. The molecule has 10 heterocycles. The zero-order chi connectivity index (χ0) is 105. The van der Waals surface area contributed by atoms with Gasteiger partial charge < -0.3 is 82.2 Å². The standard InChI is InChI=1S/C55H74N4O11.C52H64N4O11.C6H14N2/c1-11-44-55(8)48(59(53(64)70-55)28-27-58-25-17-18-26-58)36(4)45(60)34(2)32-54(7,65-29-19-20-39-31-41-23-15-16-24-42(41)56-33-39)49(37(5)46(61)38(6)50(62)67-44)69-52-47(43(57(9)10)30-35(3)66-52)68-51(63)40-21-13-12-14-22-40;1-11-42-51(7,67-50(61)56-24-23-53-31-56)28-32(2)43(57)33(3)29-52(8,62-25-17-18-37-27-39-21-15-16-22-40(39)54-30-37)46(35(5)44(58)36(6)47(59)64-42)66-49-45(41(55(9)10)26-34(4)63-49)65-48(60)38-19-13-12-14-20-38;7-3-6-8-4-1-2-5-8/h12-16,19-24,31,33-38,43-44,47-49,52H,11,17-18,25-30,32H2,1-10H3;12-24,27-28,30-31,33-36,41-42,45-46,49H,11,25-26,29H2,1-10H3;1-7H2/b20-19+;18-17+,32-28+;/t34-,35-,36+,37+,38-,43+,44-,47-,48-,49-,52+,54-,55-;33-,34-,35+,36-,41+,42-,45-,46-,49+,51+,52-;/m11./s1. The molecule has 2 N–H and O–H groups in total. The number of nitrogens with zero attached hydrogens (tertiary/aromatic N) is 9. The normalized spacial score (nSPS) is 31.9. The first kappa shape index (κ1) is 113. The molecule has 7 aromatic rings. The van der Waals surface area contributed by atoms with Gasteiger partial charge in [0.15, 0.2) is 53.3 Å². The first-order valence-corrected chi connectivity index (χ1v) is 51.5. The zero-order valence-electron chi connectivity index (χ0n) is 88.1. The molecule has 145 heavy (non-hydrogen) atoms. The summed E-state index contributed by atoms with van der Waals surface area (Å²) < 4.78 is 79.4. The maximum atomic E-state index is 15.3. The lowest BCUT2D eigenvalue weighted by Gasteiger charge is -2.48. The molecule has 7 aliphatic heterocycles. The summed E-state index contributed by atoms with van der Waals surface area (Å²) in [5.41, 5.74) is 3.71. The number of likely N-dealkylation sites (tertiary alicyclic amines) is 2. The van der Waals surface area contributed by atoms with Crippen LogP contribution in [0.2, 0.25) is 0 Å². The molecule has 1 amide bonds. The van der Waals surface area contributed by atoms with Gasteiger partial charge in [-0.2, -0.15) is 0 Å². The van der Waals surface area contributed by atoms with Crippen molar-refractivity contribution in [3.8, 4) is 0 Å². The van der Waals surface area contributed by atoms with Crippen molar-refractivity contribution >= 4 is 93.2 Å². The smallest absolute Gasteiger partial charge is 0.420 e. The van der Waals surface area contributed by atoms with Gasteiger partial charge in [-0.15, -0.1) is 0 Å². The van der Waals surface area contributed by atoms with Crippen molar-refractivity contribution in [1.82, 2.24) is 44.0 Å². The number of amides is 1. The quantitative estimate of drug-likeness (QED) is 0.0299. The van der Waals surface area contributed by atoms with Gasteiger partial charge in [-0.25, -0.2) is 28.7 Å². The number of benzene rings is 4. The Bertz CT molecular complexity index is 5640. The highest BCUT2D eigenvalue weighted by Gasteiger charge is 2.62. The lowest BCUT2D eigenvalue weighted by Crippen LogP contribution is -2.61. The van der Waals surface area contributed by atoms with Gasteiger partial charge in [-0.1, -0.05) is 146 Å². The van der Waals surface area contributed by atoms with E-state index in [2.05, 4.69) is 24.8 Å². The van der Waals surface area contributed by atoms with Gasteiger partial charge in [-0.05, 0) is 252 Å². The van der Waals surface area contributed by atoms with Gasteiger partial charge in [-0.3, -0.25) is 43.6 Å². The Morgan fingerprint density at radius 2 is 0.986 bits per heavy atom. The molecule has 0 radical (unpaired) electrons. The summed E-state index contributed by atoms with van der Waals surface area (Å²) in [6.07, 6.45) is 12.0. The molecular weight excluding hydrogens is 1850 g/mol. The second kappa shape index (κ2) is 51.1. The molecule has 14 rings (SSSR count). The fourth-order valence-corrected chi connectivity index (χ4v) is 21.8. The number of nitrogens with two attached hydrogens (primary N) is 1. The lowest BCUT2D eigenvalue weighted by molar-refractivity contribution is -0.296. The SMILES string of the molecule is CC[C@H]1OC(=O)[C@H](C)C(=O)[C@H](C)[C@@H](O[C@@H]2O[C@H](C)C[C@H](N(C)C)[C@H]2OC(=O)c2ccccc2)[C@](C)(OC/C=C/c2cnc3ccccc3c2)C[C@@H](C)C(=O)/C(C)=C/[C@]1(C)OC(=O)n1ccnc1.CC[C@H]1OC(=O)[C@H](C)C(=O)[C@H](C)[C@@H](O[C@@H]2O[C@H](C)C[C@H](N(C)C)[C@H]2OC(=O)c2ccccc2)[C@](C)(OC/C=C/c2cnc3ccccc3c2)C[C@@H](C)C(=O)[C@H](C)[C@H]2N(CCN3CCCC3)C(=O)O[C@]12C.NCCN1CCCC1. The molecule has 24 atom stereocenters. The minimum absolute atomic E-state index is 0.00650. The van der Waals surface area contributed by atoms with E-state index < -0.39 is 167 Å². The molecule has 0 aliphatic carbocycles. The van der Waals surface area contributed by atoms with E-state index >= 15 is 9.59 Å². The van der Waals surface area contributed by atoms with Crippen molar-refractivity contribution in [2.24, 2.45) is 47.2 Å². The van der Waals surface area contributed by atoms with Crippen LogP contribution in [0, 0.1) is 41.4 Å². The number of likely N-dealkylation sites (N-methyl/N-ethyl adjacent to an activating group) is 2. The average Bonchev–Trinajstić information content (AvgIpc) is 1.59. The van der Waals surface area contributed by atoms with E-state index in [9.17, 15) is 38.4 Å². The van der Waals surface area contributed by atoms with Gasteiger partial charge in [0.2, 0.25) is 0 Å². The molecule has 0 bridgehead atoms. The van der Waals surface area contributed by atoms with E-state index in [4.69, 9.17) is 62.6 Å². The summed E-state index contributed by atoms with van der Waals surface area (Å²) in [5, 5.41) is 1.94. The van der Waals surface area contributed by atoms with Crippen LogP contribution in [0.3, 0.4) is 0 Å². The number of cyclic esters (lactones) is 2. The topological polar surface area (TPSA) is 367 Å². The molecule has 32 nitrogen and oxygen atoms in total. The highest BCUT2D eigenvalue weighted by molar-refractivity contribution is 6.01. The Balaban J connectivity index is 0.000000239. The number of carbonyl (C=O) groups is 10. The number of para-hydroxylation sites is 2. The van der Waals surface area contributed by atoms with Crippen LogP contribution in [0.1, 0.15) is 207 Å². The summed E-state index contributed by atoms with van der Waals surface area (Å²) >= 11 is 0. The summed E-state index contributed by atoms with van der Waals surface area (Å²) in [7, 11) is 7.55. The van der Waals surface area contributed by atoms with Crippen LogP contribution in [-0.4, -0.2) is 299 Å². The van der Waals surface area contributed by atoms with Crippen molar-refractivity contribution in [2.45, 2.75) is 277 Å². The Kier molecular flexibility index (Phi) is 39.7. The second-order valence-electron chi connectivity index (χ2n) is 41.4. The summed E-state index contributed by atoms with van der Waals surface area (Å²) in [5.74, 6) is -11.4. The Morgan fingerprint density at radius 3 is 1.43 bits per heavy atom. The summed E-state index contributed by atoms with van der Waals surface area (Å²) in [6, 6.07) is 35.4. The predicted octanol–water partition coefficient (Wildman–Crippen LogP) is 15.9. The third kappa shape index (κ3) is 28.1. The van der Waals surface area contributed by atoms with Crippen LogP contribution in [0.25, 0.3) is 34.0 Å². The largest absolute Gasteiger partial charge is 0.458 e. The van der Waals surface area contributed by atoms with Gasteiger partial charge in [0.1, 0.15) is 36.2 Å². The van der Waals surface area contributed by atoms with Gasteiger partial charge >= 0.3 is 36.1 Å². The number of esters is 4. The highest BCUT2D eigenvalue weighted by atomic mass is 16.7. The maximum Gasteiger partial charge on any atom is 0.420 e. The molecule has 3 aromatic heterocycles. The first-order chi connectivity index (χ1) is 69.1. The van der Waals surface area contributed by atoms with Crippen LogP contribution in [0.5, 0.6) is 0 Å². The Labute approximate surface area is 853 Å². The van der Waals surface area contributed by atoms with E-state index in [1.165, 1.54) is 64.6 Å². The number of imidazole rings is 1. The molecule has 0 spiro atoms. The van der Waals surface area contributed by atoms with Gasteiger partial charge in [0.05, 0.1) is 89.1 Å². The number of allylic oxidation sites excluding steroid dienone is 1. The van der Waals surface area contributed by atoms with Gasteiger partial charge in [0, 0.05) is 91.3 Å². The van der Waals surface area contributed by atoms with Crippen LogP contribution < -0.4 is 5.73 Å². The molecule has 7 aliphatic rings. The van der Waals surface area contributed by atoms with Gasteiger partial charge in [0.25, 0.3) is 0 Å². The number of hydrogen-bond donors (Lipinski definition) is 1. The van der Waals surface area contributed by atoms with E-state index in [0.29, 0.717) is 37.1 Å². The lowest BCUT2D eigenvalue weighted by atomic mass is 9.73. The van der Waals surface area contributed by atoms with Crippen molar-refractivity contribution in [1.29, 1.82) is 0 Å². The van der Waals surface area contributed by atoms with E-state index in [1.54, 1.807) is 127 Å². The number of ketones is 4. The van der Waals surface area contributed by atoms with E-state index in [1.807, 2.05) is 171 Å². The maximum absolute atomic E-state index is 15.3. The fourth-order valence-electron chi connectivity index (χ4n) is 21.8. The van der Waals surface area contributed by atoms with E-state index in [-0.39, 0.29) is 80.3 Å². The number of fused-ring (bicyclic) bond motifs is 3. The highest BCUT2D eigenvalue weighted by Crippen LogP contribution is 2.46. The fraction of sp³-hybridized carbons (Fsp3) is 0.566. The minimum atomic E-state index is -1.65. The monoisotopic (exact) mass is 2000 g/mol. The third-order valence-electron chi connectivity index (χ3n) is 29.7. The molecule has 32 heteroatoms. The zero-order valence-corrected chi connectivity index (χ0v) is 88.1. The number of pyridine rings is 2. The van der Waals surface area contributed by atoms with Crippen molar-refractivity contribution in [3.63, 3.8) is 0 Å². The first-order valence-electron chi connectivity index (χ1n) is 51.5. The molecular formula is C113H152N10O22. The number of Topliss-reactive ketones (excluding diaryl/α,β-unsaturated/α-hetero) is 4. The Morgan fingerprint density at radius 1 is 0.545 bits per heavy atom. The molecule has 0 unspecified atom stereocenters. The van der Waals surface area contributed by atoms with Crippen molar-refractivity contribution in [3.05, 3.63) is 198 Å².